The largest absolute Gasteiger partial charge is 0.0946 e. The highest BCUT2D eigenvalue weighted by Crippen LogP contribution is 2.13. The van der Waals surface area contributed by atoms with Gasteiger partial charge < -0.3 is 0 Å². The van der Waals surface area contributed by atoms with Gasteiger partial charge in [-0.2, -0.15) is 0 Å². The van der Waals surface area contributed by atoms with Crippen LogP contribution in [0, 0.1) is 0 Å². The second-order valence-corrected chi connectivity index (χ2v) is 2.71. The van der Waals surface area contributed by atoms with Crippen molar-refractivity contribution < 1.29 is 0 Å². The van der Waals surface area contributed by atoms with E-state index in [1.165, 1.54) is 0 Å². The first-order valence-electron chi connectivity index (χ1n) is 3.24. The number of allylic oxidation sites excluding steroid dienone is 5. The highest BCUT2D eigenvalue weighted by molar-refractivity contribution is 6.32. The van der Waals surface area contributed by atoms with Crippen molar-refractivity contribution in [2.75, 3.05) is 0 Å². The molecule has 0 saturated heterocycles. The Labute approximate surface area is 67.9 Å². The van der Waals surface area contributed by atoms with Crippen molar-refractivity contribution in [1.29, 1.82) is 0 Å². The fourth-order valence-electron chi connectivity index (χ4n) is 0.406. The quantitative estimate of drug-likeness (QED) is 0.536. The predicted octanol–water partition coefficient (Wildman–Crippen LogP) is 3.65. The molecule has 0 radical (unpaired) electrons. The Morgan fingerprint density at radius 1 is 1.40 bits per heavy atom. The summed E-state index contributed by atoms with van der Waals surface area (Å²) in [6, 6.07) is 0. The van der Waals surface area contributed by atoms with Gasteiger partial charge in [0, 0.05) is 5.03 Å². The molecule has 0 N–H and O–H groups in total. The van der Waals surface area contributed by atoms with Crippen LogP contribution in [-0.2, 0) is 0 Å². The molecule has 0 aromatic carbocycles. The number of rotatable bonds is 2. The van der Waals surface area contributed by atoms with E-state index < -0.39 is 0 Å². The van der Waals surface area contributed by atoms with Crippen molar-refractivity contribution in [1.82, 2.24) is 0 Å². The van der Waals surface area contributed by atoms with E-state index in [0.29, 0.717) is 0 Å². The summed E-state index contributed by atoms with van der Waals surface area (Å²) in [7, 11) is 0. The van der Waals surface area contributed by atoms with E-state index in [4.69, 9.17) is 11.6 Å². The molecule has 0 atom stereocenters. The van der Waals surface area contributed by atoms with Crippen LogP contribution in [0.4, 0.5) is 0 Å². The van der Waals surface area contributed by atoms with E-state index in [1.54, 1.807) is 0 Å². The van der Waals surface area contributed by atoms with Crippen LogP contribution in [0.25, 0.3) is 0 Å². The normalized spacial score (nSPS) is 13.6. The van der Waals surface area contributed by atoms with Crippen LogP contribution < -0.4 is 0 Å². The monoisotopic (exact) mass is 156 g/mol. The Kier molecular flexibility index (Phi) is 4.13. The summed E-state index contributed by atoms with van der Waals surface area (Å²) in [6.07, 6.45) is 3.91. The lowest BCUT2D eigenvalue weighted by atomic mass is 10.2. The third-order valence-corrected chi connectivity index (χ3v) is 1.65. The molecule has 0 aliphatic heterocycles. The van der Waals surface area contributed by atoms with Crippen LogP contribution in [0.3, 0.4) is 0 Å². The average Bonchev–Trinajstić information content (AvgIpc) is 1.87. The standard InChI is InChI=1S/C9H13Cl/c1-5-8(4)6-9(10)7(2)3/h5-6H,2H2,1,3-4H3/b8-5-,9-6+. The van der Waals surface area contributed by atoms with E-state index in [2.05, 4.69) is 6.58 Å². The van der Waals surface area contributed by atoms with Gasteiger partial charge in [0.25, 0.3) is 0 Å². The molecule has 0 fully saturated rings. The second kappa shape index (κ2) is 4.35. The first-order valence-corrected chi connectivity index (χ1v) is 3.61. The molecule has 0 nitrogen and oxygen atoms in total. The van der Waals surface area contributed by atoms with E-state index in [0.717, 1.165) is 16.2 Å². The molecule has 0 spiro atoms. The van der Waals surface area contributed by atoms with Crippen LogP contribution in [0.2, 0.25) is 0 Å². The third-order valence-electron chi connectivity index (χ3n) is 1.22. The summed E-state index contributed by atoms with van der Waals surface area (Å²) in [6.45, 7) is 9.59. The molecule has 56 valence electrons. The number of hydrogen-bond acceptors (Lipinski definition) is 0. The van der Waals surface area contributed by atoms with Gasteiger partial charge in [-0.3, -0.25) is 0 Å². The maximum atomic E-state index is 5.81. The SMILES string of the molecule is C=C(C)/C(Cl)=C\C(C)=C/C. The number of hydrogen-bond donors (Lipinski definition) is 0. The molecular formula is C9H13Cl. The van der Waals surface area contributed by atoms with Gasteiger partial charge in [-0.05, 0) is 32.4 Å². The Hall–Kier alpha value is -0.490. The van der Waals surface area contributed by atoms with Gasteiger partial charge in [0.05, 0.1) is 0 Å². The summed E-state index contributed by atoms with van der Waals surface area (Å²) in [5.41, 5.74) is 2.07. The van der Waals surface area contributed by atoms with Crippen molar-refractivity contribution in [3.8, 4) is 0 Å². The van der Waals surface area contributed by atoms with Crippen LogP contribution in [0.1, 0.15) is 20.8 Å². The lowest BCUT2D eigenvalue weighted by Crippen LogP contribution is -1.74. The van der Waals surface area contributed by atoms with E-state index in [1.807, 2.05) is 32.9 Å². The van der Waals surface area contributed by atoms with Crippen molar-refractivity contribution in [2.45, 2.75) is 20.8 Å². The van der Waals surface area contributed by atoms with Gasteiger partial charge in [0.1, 0.15) is 0 Å². The topological polar surface area (TPSA) is 0 Å². The van der Waals surface area contributed by atoms with Crippen LogP contribution in [-0.4, -0.2) is 0 Å². The molecule has 0 aromatic rings. The summed E-state index contributed by atoms with van der Waals surface area (Å²) in [4.78, 5) is 0. The summed E-state index contributed by atoms with van der Waals surface area (Å²) < 4.78 is 0. The van der Waals surface area contributed by atoms with Crippen molar-refractivity contribution in [3.63, 3.8) is 0 Å². The highest BCUT2D eigenvalue weighted by atomic mass is 35.5. The summed E-state index contributed by atoms with van der Waals surface area (Å²) in [5, 5.41) is 0.732. The minimum absolute atomic E-state index is 0.732. The van der Waals surface area contributed by atoms with Crippen molar-refractivity contribution in [3.05, 3.63) is 34.9 Å². The van der Waals surface area contributed by atoms with Crippen LogP contribution in [0.5, 0.6) is 0 Å². The summed E-state index contributed by atoms with van der Waals surface area (Å²) >= 11 is 5.81. The average molecular weight is 157 g/mol. The molecule has 0 amide bonds. The van der Waals surface area contributed by atoms with Gasteiger partial charge in [-0.25, -0.2) is 0 Å². The van der Waals surface area contributed by atoms with Gasteiger partial charge >= 0.3 is 0 Å². The van der Waals surface area contributed by atoms with Gasteiger partial charge in [0.2, 0.25) is 0 Å². The maximum Gasteiger partial charge on any atom is 0.0431 e. The van der Waals surface area contributed by atoms with Gasteiger partial charge in [-0.1, -0.05) is 29.8 Å². The Balaban J connectivity index is 4.31. The maximum absolute atomic E-state index is 5.81. The fourth-order valence-corrected chi connectivity index (χ4v) is 0.579. The smallest absolute Gasteiger partial charge is 0.0431 e. The minimum atomic E-state index is 0.732. The van der Waals surface area contributed by atoms with Crippen LogP contribution >= 0.6 is 11.6 Å². The van der Waals surface area contributed by atoms with E-state index in [9.17, 15) is 0 Å². The molecule has 0 unspecified atom stereocenters. The van der Waals surface area contributed by atoms with Gasteiger partial charge in [-0.15, -0.1) is 0 Å². The molecule has 0 saturated carbocycles. The molecular weight excluding hydrogens is 144 g/mol. The molecule has 0 rings (SSSR count). The third kappa shape index (κ3) is 3.52. The number of halogens is 1. The molecule has 1 heteroatoms. The zero-order valence-electron chi connectivity index (χ0n) is 6.74. The van der Waals surface area contributed by atoms with E-state index >= 15 is 0 Å². The first-order chi connectivity index (χ1) is 4.57. The van der Waals surface area contributed by atoms with E-state index in [-0.39, 0.29) is 0 Å². The zero-order valence-corrected chi connectivity index (χ0v) is 7.50. The highest BCUT2D eigenvalue weighted by Gasteiger charge is 1.90. The second-order valence-electron chi connectivity index (χ2n) is 2.31. The van der Waals surface area contributed by atoms with Gasteiger partial charge in [0.15, 0.2) is 0 Å². The fraction of sp³-hybridized carbons (Fsp3) is 0.333. The lowest BCUT2D eigenvalue weighted by molar-refractivity contribution is 1.43. The summed E-state index contributed by atoms with van der Waals surface area (Å²) in [5.74, 6) is 0. The predicted molar refractivity (Wildman–Crippen MR) is 48.2 cm³/mol. The minimum Gasteiger partial charge on any atom is -0.0946 e. The Morgan fingerprint density at radius 3 is 2.20 bits per heavy atom. The molecule has 0 aliphatic rings. The molecule has 0 bridgehead atoms. The molecule has 0 heterocycles. The van der Waals surface area contributed by atoms with Crippen molar-refractivity contribution >= 4 is 11.6 Å². The first kappa shape index (κ1) is 9.51. The molecule has 0 aromatic heterocycles. The molecule has 10 heavy (non-hydrogen) atoms. The zero-order chi connectivity index (χ0) is 8.15. The van der Waals surface area contributed by atoms with Crippen molar-refractivity contribution in [2.24, 2.45) is 0 Å². The lowest BCUT2D eigenvalue weighted by Gasteiger charge is -1.95. The Morgan fingerprint density at radius 2 is 1.90 bits per heavy atom. The Bertz CT molecular complexity index is 185. The molecule has 0 aliphatic carbocycles. The van der Waals surface area contributed by atoms with Crippen LogP contribution in [0.15, 0.2) is 34.9 Å².